The molecule has 0 radical (unpaired) electrons. The van der Waals surface area contributed by atoms with E-state index in [9.17, 15) is 4.79 Å². The van der Waals surface area contributed by atoms with Gasteiger partial charge in [0.25, 0.3) is 0 Å². The van der Waals surface area contributed by atoms with Gasteiger partial charge in [-0.25, -0.2) is 0 Å². The number of likely N-dealkylation sites (N-methyl/N-ethyl adjacent to an activating group) is 1. The fraction of sp³-hybridized carbons (Fsp3) is 0.533. The van der Waals surface area contributed by atoms with Crippen molar-refractivity contribution < 1.29 is 4.79 Å². The minimum Gasteiger partial charge on any atom is -0.340 e. The number of likely N-dealkylation sites (tertiary alicyclic amines) is 1. The summed E-state index contributed by atoms with van der Waals surface area (Å²) in [4.78, 5) is 16.1. The molecule has 0 saturated carbocycles. The van der Waals surface area contributed by atoms with Crippen LogP contribution in [0.2, 0.25) is 0 Å². The number of carbonyl (C=O) groups excluding carboxylic acids is 1. The summed E-state index contributed by atoms with van der Waals surface area (Å²) < 4.78 is 0. The van der Waals surface area contributed by atoms with E-state index in [-0.39, 0.29) is 18.3 Å². The third-order valence-electron chi connectivity index (χ3n) is 3.78. The summed E-state index contributed by atoms with van der Waals surface area (Å²) >= 11 is 0. The molecule has 1 aliphatic heterocycles. The topological polar surface area (TPSA) is 49.6 Å². The lowest BCUT2D eigenvalue weighted by Crippen LogP contribution is -2.46. The number of hydrogen-bond donors (Lipinski definition) is 1. The van der Waals surface area contributed by atoms with Crippen molar-refractivity contribution in [2.24, 2.45) is 5.73 Å². The predicted molar refractivity (Wildman–Crippen MR) is 83.8 cm³/mol. The Morgan fingerprint density at radius 3 is 2.70 bits per heavy atom. The summed E-state index contributed by atoms with van der Waals surface area (Å²) in [6.07, 6.45) is 1.03. The van der Waals surface area contributed by atoms with E-state index in [1.54, 1.807) is 6.92 Å². The molecule has 1 aliphatic rings. The number of halogens is 1. The first-order valence-electron chi connectivity index (χ1n) is 6.86. The molecule has 1 aromatic rings. The summed E-state index contributed by atoms with van der Waals surface area (Å²) in [7, 11) is 1.86. The third-order valence-corrected chi connectivity index (χ3v) is 3.78. The Hall–Kier alpha value is -1.10. The Bertz CT molecular complexity index is 424. The lowest BCUT2D eigenvalue weighted by Gasteiger charge is -2.26. The van der Waals surface area contributed by atoms with Gasteiger partial charge in [0.05, 0.1) is 6.04 Å². The highest BCUT2D eigenvalue weighted by atomic mass is 35.5. The lowest BCUT2D eigenvalue weighted by molar-refractivity contribution is -0.132. The molecule has 5 heteroatoms. The smallest absolute Gasteiger partial charge is 0.239 e. The van der Waals surface area contributed by atoms with Crippen LogP contribution in [0, 0.1) is 0 Å². The Morgan fingerprint density at radius 2 is 2.10 bits per heavy atom. The number of benzene rings is 1. The molecule has 0 bridgehead atoms. The van der Waals surface area contributed by atoms with Gasteiger partial charge in [-0.15, -0.1) is 12.4 Å². The molecule has 2 rings (SSSR count). The monoisotopic (exact) mass is 297 g/mol. The van der Waals surface area contributed by atoms with Crippen LogP contribution in [0.4, 0.5) is 0 Å². The molecule has 1 unspecified atom stereocenters. The Labute approximate surface area is 127 Å². The fourth-order valence-corrected chi connectivity index (χ4v) is 2.61. The molecule has 1 amide bonds. The summed E-state index contributed by atoms with van der Waals surface area (Å²) in [5, 5.41) is 0. The van der Waals surface area contributed by atoms with Crippen molar-refractivity contribution in [2.45, 2.75) is 32.0 Å². The highest BCUT2D eigenvalue weighted by Crippen LogP contribution is 2.17. The molecule has 2 N–H and O–H groups in total. The molecule has 2 atom stereocenters. The van der Waals surface area contributed by atoms with Crippen molar-refractivity contribution in [1.82, 2.24) is 9.80 Å². The lowest BCUT2D eigenvalue weighted by atomic mass is 10.2. The third kappa shape index (κ3) is 4.20. The highest BCUT2D eigenvalue weighted by Gasteiger charge is 2.29. The molecule has 112 valence electrons. The van der Waals surface area contributed by atoms with Crippen LogP contribution < -0.4 is 5.73 Å². The summed E-state index contributed by atoms with van der Waals surface area (Å²) in [5.41, 5.74) is 6.98. The van der Waals surface area contributed by atoms with E-state index in [1.165, 1.54) is 5.56 Å². The van der Waals surface area contributed by atoms with Crippen molar-refractivity contribution in [2.75, 3.05) is 20.1 Å². The second-order valence-corrected chi connectivity index (χ2v) is 5.40. The van der Waals surface area contributed by atoms with Gasteiger partial charge in [-0.05, 0) is 18.9 Å². The van der Waals surface area contributed by atoms with Crippen LogP contribution in [-0.4, -0.2) is 47.9 Å². The first kappa shape index (κ1) is 17.0. The van der Waals surface area contributed by atoms with E-state index in [1.807, 2.05) is 18.0 Å². The summed E-state index contributed by atoms with van der Waals surface area (Å²) in [6, 6.07) is 10.3. The minimum absolute atomic E-state index is 0. The van der Waals surface area contributed by atoms with Gasteiger partial charge in [-0.1, -0.05) is 30.3 Å². The van der Waals surface area contributed by atoms with Crippen molar-refractivity contribution in [3.05, 3.63) is 35.9 Å². The fourth-order valence-electron chi connectivity index (χ4n) is 2.61. The minimum atomic E-state index is -0.409. The van der Waals surface area contributed by atoms with Crippen molar-refractivity contribution in [3.8, 4) is 0 Å². The summed E-state index contributed by atoms with van der Waals surface area (Å²) in [5.74, 6) is 0.0339. The number of amides is 1. The van der Waals surface area contributed by atoms with Gasteiger partial charge in [0.1, 0.15) is 0 Å². The Balaban J connectivity index is 0.00000200. The molecule has 4 nitrogen and oxygen atoms in total. The van der Waals surface area contributed by atoms with Crippen LogP contribution in [0.5, 0.6) is 0 Å². The van der Waals surface area contributed by atoms with Crippen LogP contribution in [0.1, 0.15) is 18.9 Å². The molecule has 0 aromatic heterocycles. The molecule has 1 saturated heterocycles. The molecule has 1 heterocycles. The molecule has 1 aromatic carbocycles. The van der Waals surface area contributed by atoms with Crippen LogP contribution in [-0.2, 0) is 11.3 Å². The van der Waals surface area contributed by atoms with E-state index in [4.69, 9.17) is 5.73 Å². The molecule has 1 fully saturated rings. The highest BCUT2D eigenvalue weighted by molar-refractivity contribution is 5.85. The number of carbonyl (C=O) groups is 1. The maximum Gasteiger partial charge on any atom is 0.239 e. The average molecular weight is 298 g/mol. The van der Waals surface area contributed by atoms with Crippen molar-refractivity contribution >= 4 is 18.3 Å². The Kier molecular flexibility index (Phi) is 6.46. The van der Waals surface area contributed by atoms with E-state index in [0.717, 1.165) is 26.1 Å². The van der Waals surface area contributed by atoms with Crippen molar-refractivity contribution in [1.29, 1.82) is 0 Å². The number of hydrogen-bond acceptors (Lipinski definition) is 3. The first-order valence-corrected chi connectivity index (χ1v) is 6.86. The van der Waals surface area contributed by atoms with E-state index >= 15 is 0 Å². The van der Waals surface area contributed by atoms with Gasteiger partial charge >= 0.3 is 0 Å². The van der Waals surface area contributed by atoms with E-state index in [0.29, 0.717) is 6.04 Å². The molecular weight excluding hydrogens is 274 g/mol. The zero-order chi connectivity index (χ0) is 13.8. The maximum atomic E-state index is 11.9. The normalized spacial score (nSPS) is 20.2. The largest absolute Gasteiger partial charge is 0.340 e. The number of rotatable bonds is 4. The summed E-state index contributed by atoms with van der Waals surface area (Å²) in [6.45, 7) is 4.67. The van der Waals surface area contributed by atoms with Crippen LogP contribution in [0.25, 0.3) is 0 Å². The van der Waals surface area contributed by atoms with Gasteiger partial charge in [0.2, 0.25) is 5.91 Å². The van der Waals surface area contributed by atoms with Gasteiger partial charge in [-0.2, -0.15) is 0 Å². The average Bonchev–Trinajstić information content (AvgIpc) is 2.86. The quantitative estimate of drug-likeness (QED) is 0.916. The van der Waals surface area contributed by atoms with Gasteiger partial charge in [-0.3, -0.25) is 9.69 Å². The van der Waals surface area contributed by atoms with E-state index in [2.05, 4.69) is 29.2 Å². The zero-order valence-electron chi connectivity index (χ0n) is 12.2. The maximum absolute atomic E-state index is 11.9. The second kappa shape index (κ2) is 7.62. The molecular formula is C15H24ClN3O. The Morgan fingerprint density at radius 1 is 1.45 bits per heavy atom. The van der Waals surface area contributed by atoms with Gasteiger partial charge in [0.15, 0.2) is 0 Å². The number of nitrogens with two attached hydrogens (primary N) is 1. The van der Waals surface area contributed by atoms with Crippen LogP contribution in [0.15, 0.2) is 30.3 Å². The van der Waals surface area contributed by atoms with Crippen LogP contribution >= 0.6 is 12.4 Å². The molecule has 0 aliphatic carbocycles. The SMILES string of the molecule is C[C@@H](N)C(=O)N(C)C1CCN(Cc2ccccc2)C1.Cl. The van der Waals surface area contributed by atoms with Gasteiger partial charge in [0, 0.05) is 32.7 Å². The molecule has 0 spiro atoms. The second-order valence-electron chi connectivity index (χ2n) is 5.40. The number of nitrogens with zero attached hydrogens (tertiary/aromatic N) is 2. The first-order chi connectivity index (χ1) is 9.08. The zero-order valence-corrected chi connectivity index (χ0v) is 13.0. The predicted octanol–water partition coefficient (Wildman–Crippen LogP) is 1.49. The van der Waals surface area contributed by atoms with Crippen molar-refractivity contribution in [3.63, 3.8) is 0 Å². The standard InChI is InChI=1S/C15H23N3O.ClH/c1-12(16)15(19)17(2)14-8-9-18(11-14)10-13-6-4-3-5-7-13;/h3-7,12,14H,8-11,16H2,1-2H3;1H/t12-,14?;/m1./s1. The van der Waals surface area contributed by atoms with Gasteiger partial charge < -0.3 is 10.6 Å². The molecule has 20 heavy (non-hydrogen) atoms. The van der Waals surface area contributed by atoms with Crippen LogP contribution in [0.3, 0.4) is 0 Å². The van der Waals surface area contributed by atoms with E-state index < -0.39 is 6.04 Å².